The minimum Gasteiger partial charge on any atom is -0.469 e. The Morgan fingerprint density at radius 1 is 1.28 bits per heavy atom. The van der Waals surface area contributed by atoms with Gasteiger partial charge in [0.2, 0.25) is 0 Å². The van der Waals surface area contributed by atoms with Gasteiger partial charge in [-0.1, -0.05) is 33.8 Å². The summed E-state index contributed by atoms with van der Waals surface area (Å²) in [5.74, 6) is 0.424. The zero-order valence-electron chi connectivity index (χ0n) is 15.9. The number of fused-ring (bicyclic) bond motifs is 3. The molecular formula is C20H18BrN5O2S. The van der Waals surface area contributed by atoms with Gasteiger partial charge in [0.25, 0.3) is 0 Å². The molecule has 0 radical (unpaired) electrons. The number of benzene rings is 1. The highest BCUT2D eigenvalue weighted by atomic mass is 79.9. The van der Waals surface area contributed by atoms with Gasteiger partial charge in [0, 0.05) is 22.7 Å². The van der Waals surface area contributed by atoms with E-state index in [0.717, 1.165) is 32.3 Å². The first-order chi connectivity index (χ1) is 14.1. The summed E-state index contributed by atoms with van der Waals surface area (Å²) in [6.07, 6.45) is 4.41. The first-order valence-corrected chi connectivity index (χ1v) is 11.0. The fourth-order valence-corrected chi connectivity index (χ4v) is 4.15. The van der Waals surface area contributed by atoms with Crippen molar-refractivity contribution >= 4 is 39.4 Å². The molecule has 3 aromatic rings. The Balaban J connectivity index is 1.94. The standard InChI is InChI=1S/C20H18BrN5O2S/c1-28-17(27)9-7-15-19-24-25-20(29-2)26(19)16-8-6-12(21)11-13(16)18(23-15)14-5-3-4-10-22-14/h3-6,8,10-11,15H,7,9H2,1-2H3/t15-/m0/s1. The van der Waals surface area contributed by atoms with Crippen molar-refractivity contribution in [1.29, 1.82) is 0 Å². The van der Waals surface area contributed by atoms with Gasteiger partial charge < -0.3 is 4.74 Å². The van der Waals surface area contributed by atoms with Crippen molar-refractivity contribution in [3.63, 3.8) is 0 Å². The number of nitrogens with zero attached hydrogens (tertiary/aromatic N) is 5. The second-order valence-electron chi connectivity index (χ2n) is 6.37. The maximum atomic E-state index is 11.8. The molecule has 9 heteroatoms. The van der Waals surface area contributed by atoms with Crippen molar-refractivity contribution in [2.24, 2.45) is 4.99 Å². The first kappa shape index (κ1) is 19.8. The topological polar surface area (TPSA) is 82.3 Å². The molecule has 1 aliphatic heterocycles. The molecule has 0 saturated carbocycles. The van der Waals surface area contributed by atoms with Crippen LogP contribution in [0.4, 0.5) is 0 Å². The quantitative estimate of drug-likeness (QED) is 0.413. The second-order valence-corrected chi connectivity index (χ2v) is 8.05. The Morgan fingerprint density at radius 2 is 2.14 bits per heavy atom. The van der Waals surface area contributed by atoms with Crippen molar-refractivity contribution in [1.82, 2.24) is 19.7 Å². The highest BCUT2D eigenvalue weighted by Crippen LogP contribution is 2.35. The second kappa shape index (κ2) is 8.46. The van der Waals surface area contributed by atoms with Crippen LogP contribution in [0.3, 0.4) is 0 Å². The summed E-state index contributed by atoms with van der Waals surface area (Å²) in [5.41, 5.74) is 3.38. The molecule has 1 atom stereocenters. The molecule has 0 aliphatic carbocycles. The molecule has 148 valence electrons. The summed E-state index contributed by atoms with van der Waals surface area (Å²) in [7, 11) is 1.39. The smallest absolute Gasteiger partial charge is 0.305 e. The number of ether oxygens (including phenoxy) is 1. The summed E-state index contributed by atoms with van der Waals surface area (Å²) in [5, 5.41) is 9.53. The lowest BCUT2D eigenvalue weighted by atomic mass is 10.0. The van der Waals surface area contributed by atoms with Crippen molar-refractivity contribution in [2.75, 3.05) is 13.4 Å². The highest BCUT2D eigenvalue weighted by Gasteiger charge is 2.29. The van der Waals surface area contributed by atoms with Crippen molar-refractivity contribution in [3.05, 3.63) is 64.1 Å². The van der Waals surface area contributed by atoms with Crippen LogP contribution in [0.25, 0.3) is 5.69 Å². The molecule has 7 nitrogen and oxygen atoms in total. The van der Waals surface area contributed by atoms with E-state index in [2.05, 4.69) is 31.1 Å². The van der Waals surface area contributed by atoms with E-state index in [4.69, 9.17) is 9.73 Å². The molecule has 0 amide bonds. The zero-order valence-corrected chi connectivity index (χ0v) is 18.3. The molecule has 0 saturated heterocycles. The van der Waals surface area contributed by atoms with Gasteiger partial charge in [-0.25, -0.2) is 0 Å². The van der Waals surface area contributed by atoms with E-state index >= 15 is 0 Å². The maximum Gasteiger partial charge on any atom is 0.305 e. The van der Waals surface area contributed by atoms with Gasteiger partial charge in [-0.05, 0) is 43.0 Å². The van der Waals surface area contributed by atoms with Gasteiger partial charge in [0.05, 0.1) is 24.2 Å². The Labute approximate surface area is 180 Å². The van der Waals surface area contributed by atoms with Gasteiger partial charge in [-0.3, -0.25) is 19.3 Å². The summed E-state index contributed by atoms with van der Waals surface area (Å²) in [6.45, 7) is 0. The molecule has 0 N–H and O–H groups in total. The number of hydrogen-bond donors (Lipinski definition) is 0. The van der Waals surface area contributed by atoms with Crippen LogP contribution in [0.5, 0.6) is 0 Å². The SMILES string of the molecule is COC(=O)CC[C@@H]1N=C(c2ccccn2)c2cc(Br)ccc2-n2c(SC)nnc21. The third-order valence-corrected chi connectivity index (χ3v) is 5.76. The minimum absolute atomic E-state index is 0.238. The summed E-state index contributed by atoms with van der Waals surface area (Å²) in [4.78, 5) is 21.3. The molecule has 3 heterocycles. The first-order valence-electron chi connectivity index (χ1n) is 8.98. The third kappa shape index (κ3) is 3.84. The van der Waals surface area contributed by atoms with E-state index < -0.39 is 0 Å². The van der Waals surface area contributed by atoms with Gasteiger partial charge >= 0.3 is 5.97 Å². The number of carbonyl (C=O) groups excluding carboxylic acids is 1. The van der Waals surface area contributed by atoms with Crippen LogP contribution in [0.2, 0.25) is 0 Å². The van der Waals surface area contributed by atoms with Crippen LogP contribution in [0.1, 0.15) is 36.0 Å². The van der Waals surface area contributed by atoms with Crippen molar-refractivity contribution < 1.29 is 9.53 Å². The monoisotopic (exact) mass is 471 g/mol. The Kier molecular flexibility index (Phi) is 5.77. The number of methoxy groups -OCH3 is 1. The number of aliphatic imine (C=N–C) groups is 1. The van der Waals surface area contributed by atoms with Crippen LogP contribution < -0.4 is 0 Å². The average Bonchev–Trinajstić information content (AvgIpc) is 3.12. The van der Waals surface area contributed by atoms with E-state index in [9.17, 15) is 4.79 Å². The van der Waals surface area contributed by atoms with Crippen molar-refractivity contribution in [2.45, 2.75) is 24.0 Å². The van der Waals surface area contributed by atoms with E-state index in [1.54, 1.807) is 6.20 Å². The van der Waals surface area contributed by atoms with E-state index in [0.29, 0.717) is 12.2 Å². The normalized spacial score (nSPS) is 15.1. The van der Waals surface area contributed by atoms with E-state index in [-0.39, 0.29) is 18.4 Å². The fourth-order valence-electron chi connectivity index (χ4n) is 3.29. The number of esters is 1. The van der Waals surface area contributed by atoms with E-state index in [1.807, 2.05) is 47.2 Å². The lowest BCUT2D eigenvalue weighted by molar-refractivity contribution is -0.140. The molecule has 1 aromatic carbocycles. The average molecular weight is 472 g/mol. The molecule has 29 heavy (non-hydrogen) atoms. The van der Waals surface area contributed by atoms with Crippen molar-refractivity contribution in [3.8, 4) is 5.69 Å². The van der Waals surface area contributed by atoms with Gasteiger partial charge in [0.15, 0.2) is 11.0 Å². The van der Waals surface area contributed by atoms with Crippen LogP contribution in [0.15, 0.2) is 57.2 Å². The van der Waals surface area contributed by atoms with Gasteiger partial charge in [0.1, 0.15) is 6.04 Å². The molecule has 1 aliphatic rings. The third-order valence-electron chi connectivity index (χ3n) is 4.64. The molecule has 2 aromatic heterocycles. The number of rotatable bonds is 5. The van der Waals surface area contributed by atoms with Gasteiger partial charge in [-0.15, -0.1) is 10.2 Å². The Morgan fingerprint density at radius 3 is 2.86 bits per heavy atom. The zero-order chi connectivity index (χ0) is 20.4. The number of pyridine rings is 1. The minimum atomic E-state index is -0.356. The summed E-state index contributed by atoms with van der Waals surface area (Å²) in [6, 6.07) is 11.4. The fraction of sp³-hybridized carbons (Fsp3) is 0.250. The van der Waals surface area contributed by atoms with Crippen LogP contribution in [-0.2, 0) is 9.53 Å². The Hall–Kier alpha value is -2.52. The molecule has 0 bridgehead atoms. The van der Waals surface area contributed by atoms with Crippen LogP contribution in [-0.4, -0.2) is 44.8 Å². The number of carbonyl (C=O) groups is 1. The predicted molar refractivity (Wildman–Crippen MR) is 115 cm³/mol. The largest absolute Gasteiger partial charge is 0.469 e. The van der Waals surface area contributed by atoms with Crippen LogP contribution >= 0.6 is 27.7 Å². The van der Waals surface area contributed by atoms with E-state index in [1.165, 1.54) is 18.9 Å². The van der Waals surface area contributed by atoms with Gasteiger partial charge in [-0.2, -0.15) is 0 Å². The summed E-state index contributed by atoms with van der Waals surface area (Å²) >= 11 is 5.09. The molecule has 0 fully saturated rings. The lowest BCUT2D eigenvalue weighted by Gasteiger charge is -2.13. The molecular weight excluding hydrogens is 454 g/mol. The Bertz CT molecular complexity index is 1080. The number of aromatic nitrogens is 4. The molecule has 0 spiro atoms. The van der Waals surface area contributed by atoms with Crippen LogP contribution in [0, 0.1) is 0 Å². The lowest BCUT2D eigenvalue weighted by Crippen LogP contribution is -2.09. The maximum absolute atomic E-state index is 11.8. The number of hydrogen-bond acceptors (Lipinski definition) is 7. The summed E-state index contributed by atoms with van der Waals surface area (Å²) < 4.78 is 7.78. The molecule has 0 unspecified atom stereocenters. The highest BCUT2D eigenvalue weighted by molar-refractivity contribution is 9.10. The molecule has 4 rings (SSSR count). The number of halogens is 1. The predicted octanol–water partition coefficient (Wildman–Crippen LogP) is 3.99. The number of thioether (sulfide) groups is 1.